The monoisotopic (exact) mass is 194 g/mol. The summed E-state index contributed by atoms with van der Waals surface area (Å²) in [5.41, 5.74) is 1.44. The molecule has 0 saturated carbocycles. The molecule has 3 nitrogen and oxygen atoms in total. The minimum absolute atomic E-state index is 0.0423. The van der Waals surface area contributed by atoms with Crippen LogP contribution in [0, 0.1) is 0 Å². The van der Waals surface area contributed by atoms with E-state index in [1.165, 1.54) is 0 Å². The van der Waals surface area contributed by atoms with Gasteiger partial charge in [-0.2, -0.15) is 0 Å². The largest absolute Gasteiger partial charge is 0.323 e. The van der Waals surface area contributed by atoms with Gasteiger partial charge in [0.2, 0.25) is 0 Å². The Hall–Kier alpha value is -1.12. The summed E-state index contributed by atoms with van der Waals surface area (Å²) < 4.78 is 0. The third kappa shape index (κ3) is 2.44. The molecule has 1 aromatic heterocycles. The van der Waals surface area contributed by atoms with Crippen molar-refractivity contribution in [3.63, 3.8) is 0 Å². The highest BCUT2D eigenvalue weighted by Gasteiger charge is 2.15. The van der Waals surface area contributed by atoms with Crippen LogP contribution in [0.4, 0.5) is 0 Å². The fraction of sp³-hybridized carbons (Fsp3) is 0.636. The van der Waals surface area contributed by atoms with E-state index in [1.807, 2.05) is 6.92 Å². The summed E-state index contributed by atoms with van der Waals surface area (Å²) in [5, 5.41) is 0. The van der Waals surface area contributed by atoms with Crippen LogP contribution in [0.1, 0.15) is 45.5 Å². The molecular weight excluding hydrogens is 176 g/mol. The Morgan fingerprint density at radius 2 is 2.07 bits per heavy atom. The van der Waals surface area contributed by atoms with Crippen LogP contribution in [0.25, 0.3) is 0 Å². The van der Waals surface area contributed by atoms with Crippen LogP contribution in [0.3, 0.4) is 0 Å². The second-order valence-electron chi connectivity index (χ2n) is 4.57. The van der Waals surface area contributed by atoms with Crippen molar-refractivity contribution in [3.8, 4) is 0 Å². The molecule has 0 bridgehead atoms. The molecule has 1 rings (SSSR count). The summed E-state index contributed by atoms with van der Waals surface area (Å²) in [4.78, 5) is 18.6. The van der Waals surface area contributed by atoms with Gasteiger partial charge in [-0.05, 0) is 6.42 Å². The van der Waals surface area contributed by atoms with Crippen molar-refractivity contribution in [2.45, 2.75) is 46.0 Å². The maximum Gasteiger partial charge on any atom is 0.269 e. The first-order valence-corrected chi connectivity index (χ1v) is 5.04. The zero-order chi connectivity index (χ0) is 10.8. The van der Waals surface area contributed by atoms with Gasteiger partial charge in [0.1, 0.15) is 5.69 Å². The third-order valence-electron chi connectivity index (χ3n) is 2.15. The maximum atomic E-state index is 11.6. The standard InChI is InChI=1S/C11H18N2O/c1-5-6-8-10(14)13-9(7-12-8)11(2,3)4/h7H,5-6H2,1-4H3,(H,13,14). The zero-order valence-corrected chi connectivity index (χ0v) is 9.35. The molecule has 0 atom stereocenters. The molecule has 0 radical (unpaired) electrons. The van der Waals surface area contributed by atoms with Gasteiger partial charge in [0.15, 0.2) is 0 Å². The fourth-order valence-electron chi connectivity index (χ4n) is 1.22. The fourth-order valence-corrected chi connectivity index (χ4v) is 1.22. The lowest BCUT2D eigenvalue weighted by atomic mass is 9.93. The van der Waals surface area contributed by atoms with Crippen molar-refractivity contribution in [3.05, 3.63) is 27.9 Å². The van der Waals surface area contributed by atoms with Crippen molar-refractivity contribution in [1.82, 2.24) is 9.97 Å². The molecular formula is C11H18N2O. The highest BCUT2D eigenvalue weighted by Crippen LogP contribution is 2.17. The summed E-state index contributed by atoms with van der Waals surface area (Å²) >= 11 is 0. The molecule has 1 aromatic rings. The SMILES string of the molecule is CCCc1ncc(C(C)(C)C)[nH]c1=O. The Bertz CT molecular complexity index is 360. The average molecular weight is 194 g/mol. The van der Waals surface area contributed by atoms with E-state index in [0.717, 1.165) is 18.5 Å². The highest BCUT2D eigenvalue weighted by molar-refractivity contribution is 5.11. The van der Waals surface area contributed by atoms with Crippen LogP contribution < -0.4 is 5.56 Å². The number of aromatic amines is 1. The summed E-state index contributed by atoms with van der Waals surface area (Å²) in [6, 6.07) is 0. The molecule has 1 heterocycles. The Morgan fingerprint density at radius 3 is 2.50 bits per heavy atom. The molecule has 78 valence electrons. The number of rotatable bonds is 2. The van der Waals surface area contributed by atoms with Crippen LogP contribution in [-0.4, -0.2) is 9.97 Å². The van der Waals surface area contributed by atoms with Crippen molar-refractivity contribution in [2.24, 2.45) is 0 Å². The number of hydrogen-bond donors (Lipinski definition) is 1. The lowest BCUT2D eigenvalue weighted by Gasteiger charge is -2.17. The first-order valence-electron chi connectivity index (χ1n) is 5.04. The highest BCUT2D eigenvalue weighted by atomic mass is 16.1. The van der Waals surface area contributed by atoms with E-state index in [9.17, 15) is 4.79 Å². The lowest BCUT2D eigenvalue weighted by Crippen LogP contribution is -2.23. The lowest BCUT2D eigenvalue weighted by molar-refractivity contribution is 0.560. The molecule has 0 spiro atoms. The van der Waals surface area contributed by atoms with Gasteiger partial charge in [0.05, 0.1) is 0 Å². The average Bonchev–Trinajstić information content (AvgIpc) is 2.07. The van der Waals surface area contributed by atoms with Gasteiger partial charge in [-0.25, -0.2) is 0 Å². The van der Waals surface area contributed by atoms with E-state index in [1.54, 1.807) is 6.20 Å². The van der Waals surface area contributed by atoms with Crippen molar-refractivity contribution < 1.29 is 0 Å². The second-order valence-corrected chi connectivity index (χ2v) is 4.57. The smallest absolute Gasteiger partial charge is 0.269 e. The minimum atomic E-state index is -0.0447. The van der Waals surface area contributed by atoms with Crippen LogP contribution in [-0.2, 0) is 11.8 Å². The molecule has 14 heavy (non-hydrogen) atoms. The summed E-state index contributed by atoms with van der Waals surface area (Å²) in [5.74, 6) is 0. The molecule has 0 aliphatic rings. The molecule has 0 unspecified atom stereocenters. The number of aromatic nitrogens is 2. The van der Waals surface area contributed by atoms with E-state index in [0.29, 0.717) is 5.69 Å². The van der Waals surface area contributed by atoms with Crippen molar-refractivity contribution in [2.75, 3.05) is 0 Å². The molecule has 0 fully saturated rings. The third-order valence-corrected chi connectivity index (χ3v) is 2.15. The minimum Gasteiger partial charge on any atom is -0.323 e. The van der Waals surface area contributed by atoms with Crippen LogP contribution >= 0.6 is 0 Å². The second kappa shape index (κ2) is 3.95. The normalized spacial score (nSPS) is 11.7. The van der Waals surface area contributed by atoms with Crippen LogP contribution in [0.5, 0.6) is 0 Å². The van der Waals surface area contributed by atoms with E-state index >= 15 is 0 Å². The number of hydrogen-bond acceptors (Lipinski definition) is 2. The summed E-state index contributed by atoms with van der Waals surface area (Å²) in [7, 11) is 0. The Morgan fingerprint density at radius 1 is 1.43 bits per heavy atom. The predicted octanol–water partition coefficient (Wildman–Crippen LogP) is 2.02. The molecule has 0 aromatic carbocycles. The van der Waals surface area contributed by atoms with Gasteiger partial charge in [-0.3, -0.25) is 9.78 Å². The Labute approximate surface area is 84.6 Å². The van der Waals surface area contributed by atoms with Gasteiger partial charge < -0.3 is 4.98 Å². The van der Waals surface area contributed by atoms with Crippen molar-refractivity contribution in [1.29, 1.82) is 0 Å². The quantitative estimate of drug-likeness (QED) is 0.782. The molecule has 0 amide bonds. The van der Waals surface area contributed by atoms with Gasteiger partial charge in [-0.15, -0.1) is 0 Å². The first-order chi connectivity index (χ1) is 6.45. The van der Waals surface area contributed by atoms with E-state index in [4.69, 9.17) is 0 Å². The molecule has 3 heteroatoms. The summed E-state index contributed by atoms with van der Waals surface area (Å²) in [6.45, 7) is 8.21. The number of nitrogens with one attached hydrogen (secondary N) is 1. The summed E-state index contributed by atoms with van der Waals surface area (Å²) in [6.07, 6.45) is 3.47. The van der Waals surface area contributed by atoms with Gasteiger partial charge in [0.25, 0.3) is 5.56 Å². The topological polar surface area (TPSA) is 45.8 Å². The number of H-pyrrole nitrogens is 1. The maximum absolute atomic E-state index is 11.6. The molecule has 1 N–H and O–H groups in total. The zero-order valence-electron chi connectivity index (χ0n) is 9.35. The number of nitrogens with zero attached hydrogens (tertiary/aromatic N) is 1. The van der Waals surface area contributed by atoms with E-state index in [-0.39, 0.29) is 11.0 Å². The Kier molecular flexibility index (Phi) is 3.09. The molecule has 0 aliphatic carbocycles. The van der Waals surface area contributed by atoms with Crippen molar-refractivity contribution >= 4 is 0 Å². The Balaban J connectivity index is 3.07. The molecule has 0 aliphatic heterocycles. The van der Waals surface area contributed by atoms with Gasteiger partial charge in [0, 0.05) is 17.3 Å². The van der Waals surface area contributed by atoms with E-state index in [2.05, 4.69) is 30.7 Å². The van der Waals surface area contributed by atoms with Crippen LogP contribution in [0.2, 0.25) is 0 Å². The van der Waals surface area contributed by atoms with E-state index < -0.39 is 0 Å². The number of aryl methyl sites for hydroxylation is 1. The van der Waals surface area contributed by atoms with Crippen LogP contribution in [0.15, 0.2) is 11.0 Å². The first kappa shape index (κ1) is 11.0. The van der Waals surface area contributed by atoms with Gasteiger partial charge in [-0.1, -0.05) is 34.1 Å². The van der Waals surface area contributed by atoms with Gasteiger partial charge >= 0.3 is 0 Å². The predicted molar refractivity (Wildman–Crippen MR) is 57.6 cm³/mol. The molecule has 0 saturated heterocycles.